The fourth-order valence-electron chi connectivity index (χ4n) is 4.24. The quantitative estimate of drug-likeness (QED) is 0.167. The summed E-state index contributed by atoms with van der Waals surface area (Å²) in [5, 5.41) is 19.9. The number of nitriles is 1. The zero-order valence-electron chi connectivity index (χ0n) is 24.7. The van der Waals surface area contributed by atoms with Crippen LogP contribution in [0.4, 0.5) is 5.95 Å². The number of aryl methyl sites for hydroxylation is 2. The number of hydroxylamine groups is 1. The molecule has 0 atom stereocenters. The van der Waals surface area contributed by atoms with Crippen LogP contribution in [0.15, 0.2) is 42.7 Å². The molecule has 3 aromatic rings. The highest BCUT2D eigenvalue weighted by Gasteiger charge is 2.27. The van der Waals surface area contributed by atoms with Crippen LogP contribution in [0.3, 0.4) is 0 Å². The van der Waals surface area contributed by atoms with Gasteiger partial charge in [0.25, 0.3) is 0 Å². The summed E-state index contributed by atoms with van der Waals surface area (Å²) in [5.41, 5.74) is 7.90. The molecule has 0 unspecified atom stereocenters. The van der Waals surface area contributed by atoms with Crippen molar-refractivity contribution in [2.45, 2.75) is 72.8 Å². The summed E-state index contributed by atoms with van der Waals surface area (Å²) in [4.78, 5) is 8.34. The van der Waals surface area contributed by atoms with Crippen LogP contribution in [0.2, 0.25) is 0 Å². The summed E-state index contributed by atoms with van der Waals surface area (Å²) in [5.74, 6) is 2.11. The molecule has 0 aliphatic rings. The Morgan fingerprint density at radius 2 is 1.73 bits per heavy atom. The van der Waals surface area contributed by atoms with Gasteiger partial charge in [-0.1, -0.05) is 66.2 Å². The molecule has 0 saturated heterocycles. The molecule has 216 valence electrons. The van der Waals surface area contributed by atoms with Gasteiger partial charge in [-0.2, -0.15) is 5.26 Å². The summed E-state index contributed by atoms with van der Waals surface area (Å²) in [6.45, 7) is 13.2. The van der Waals surface area contributed by atoms with Crippen LogP contribution in [0.25, 0.3) is 0 Å². The molecule has 0 spiro atoms. The number of hydrazine groups is 1. The van der Waals surface area contributed by atoms with Crippen molar-refractivity contribution in [3.05, 3.63) is 76.1 Å². The van der Waals surface area contributed by atoms with Crippen molar-refractivity contribution in [2.75, 3.05) is 25.0 Å². The third kappa shape index (κ3) is 8.56. The van der Waals surface area contributed by atoms with Gasteiger partial charge in [-0.3, -0.25) is 10.6 Å². The molecule has 0 aliphatic heterocycles. The monoisotopic (exact) mass is 567 g/mol. The summed E-state index contributed by atoms with van der Waals surface area (Å²) in [6.07, 6.45) is 5.88. The van der Waals surface area contributed by atoms with E-state index in [9.17, 15) is 10.5 Å². The van der Waals surface area contributed by atoms with Crippen molar-refractivity contribution in [1.29, 1.82) is 5.26 Å². The number of aromatic nitrogens is 2. The molecule has 2 aromatic carbocycles. The van der Waals surface area contributed by atoms with E-state index in [-0.39, 0.29) is 5.41 Å². The second-order valence-corrected chi connectivity index (χ2v) is 9.93. The molecule has 0 radical (unpaired) electrons. The Morgan fingerprint density at radius 1 is 1.05 bits per heavy atom. The van der Waals surface area contributed by atoms with Gasteiger partial charge in [0, 0.05) is 30.4 Å². The Bertz CT molecular complexity index is 1260. The molecule has 9 heteroatoms. The molecule has 8 nitrogen and oxygen atoms in total. The smallest absolute Gasteiger partial charge is 0.239 e. The van der Waals surface area contributed by atoms with Crippen LogP contribution in [0, 0.1) is 11.3 Å². The molecule has 0 bridgehead atoms. The molecule has 2 N–H and O–H groups in total. The predicted octanol–water partition coefficient (Wildman–Crippen LogP) is 7.06. The first-order valence-electron chi connectivity index (χ1n) is 13.8. The number of hydrogen-bond donors (Lipinski definition) is 2. The molecule has 1 heterocycles. The zero-order chi connectivity index (χ0) is 29.7. The minimum absolute atomic E-state index is 0.292. The number of benzene rings is 2. The topological polar surface area (TPSA) is 104 Å². The SMILES string of the molecule is CC.CCCc1cc(C(C)(C)c2ccc(OCc3cnc(NN(C)O)nc3)c(CC)c2)cc(C#N)c1OCCCl. The van der Waals surface area contributed by atoms with E-state index in [1.165, 1.54) is 7.05 Å². The van der Waals surface area contributed by atoms with Crippen molar-refractivity contribution in [1.82, 2.24) is 15.1 Å². The maximum absolute atomic E-state index is 9.89. The lowest BCUT2D eigenvalue weighted by atomic mass is 9.76. The van der Waals surface area contributed by atoms with Gasteiger partial charge in [0.05, 0.1) is 11.4 Å². The molecule has 0 aliphatic carbocycles. The van der Waals surface area contributed by atoms with Gasteiger partial charge in [-0.05, 0) is 47.2 Å². The van der Waals surface area contributed by atoms with Gasteiger partial charge in [0.1, 0.15) is 30.8 Å². The molecular formula is C31H42ClN5O3. The van der Waals surface area contributed by atoms with E-state index in [1.807, 2.05) is 26.0 Å². The third-order valence-corrected chi connectivity index (χ3v) is 6.53. The minimum Gasteiger partial charge on any atom is -0.491 e. The summed E-state index contributed by atoms with van der Waals surface area (Å²) >= 11 is 5.84. The van der Waals surface area contributed by atoms with Crippen molar-refractivity contribution >= 4 is 17.5 Å². The van der Waals surface area contributed by atoms with E-state index in [0.717, 1.165) is 58.0 Å². The van der Waals surface area contributed by atoms with Gasteiger partial charge in [0.15, 0.2) is 0 Å². The average Bonchev–Trinajstić information content (AvgIpc) is 2.96. The Hall–Kier alpha value is -3.38. The van der Waals surface area contributed by atoms with E-state index >= 15 is 0 Å². The Kier molecular flexibility index (Phi) is 13.1. The number of hydrogen-bond acceptors (Lipinski definition) is 8. The maximum atomic E-state index is 9.89. The molecule has 1 aromatic heterocycles. The van der Waals surface area contributed by atoms with Crippen molar-refractivity contribution in [3.8, 4) is 17.6 Å². The fraction of sp³-hybridized carbons (Fsp3) is 0.452. The lowest BCUT2D eigenvalue weighted by Crippen LogP contribution is -2.22. The Morgan fingerprint density at radius 3 is 2.30 bits per heavy atom. The largest absolute Gasteiger partial charge is 0.491 e. The number of anilines is 1. The van der Waals surface area contributed by atoms with Gasteiger partial charge < -0.3 is 9.47 Å². The van der Waals surface area contributed by atoms with Crippen molar-refractivity contribution < 1.29 is 14.7 Å². The molecule has 3 rings (SSSR count). The van der Waals surface area contributed by atoms with Crippen LogP contribution in [0.1, 0.15) is 81.3 Å². The minimum atomic E-state index is -0.349. The number of ether oxygens (including phenoxy) is 2. The highest BCUT2D eigenvalue weighted by molar-refractivity contribution is 6.18. The van der Waals surface area contributed by atoms with E-state index in [1.54, 1.807) is 12.4 Å². The lowest BCUT2D eigenvalue weighted by Gasteiger charge is -2.29. The third-order valence-electron chi connectivity index (χ3n) is 6.38. The van der Waals surface area contributed by atoms with E-state index < -0.39 is 0 Å². The fourth-order valence-corrected chi connectivity index (χ4v) is 4.32. The molecule has 0 fully saturated rings. The Labute approximate surface area is 243 Å². The second-order valence-electron chi connectivity index (χ2n) is 9.55. The first-order valence-corrected chi connectivity index (χ1v) is 14.3. The molecule has 0 saturated carbocycles. The summed E-state index contributed by atoms with van der Waals surface area (Å²) in [6, 6.07) is 12.7. The van der Waals surface area contributed by atoms with Crippen LogP contribution >= 0.6 is 11.6 Å². The summed E-state index contributed by atoms with van der Waals surface area (Å²) in [7, 11) is 1.44. The van der Waals surface area contributed by atoms with Crippen LogP contribution in [0.5, 0.6) is 11.5 Å². The van der Waals surface area contributed by atoms with E-state index in [4.69, 9.17) is 21.1 Å². The molecular weight excluding hydrogens is 526 g/mol. The predicted molar refractivity (Wildman–Crippen MR) is 160 cm³/mol. The van der Waals surface area contributed by atoms with Crippen molar-refractivity contribution in [2.24, 2.45) is 0 Å². The maximum Gasteiger partial charge on any atom is 0.239 e. The van der Waals surface area contributed by atoms with Crippen molar-refractivity contribution in [3.63, 3.8) is 0 Å². The Balaban J connectivity index is 0.00000274. The summed E-state index contributed by atoms with van der Waals surface area (Å²) < 4.78 is 12.0. The number of nitrogens with zero attached hydrogens (tertiary/aromatic N) is 4. The highest BCUT2D eigenvalue weighted by atomic mass is 35.5. The first-order chi connectivity index (χ1) is 19.2. The number of alkyl halides is 1. The van der Waals surface area contributed by atoms with Gasteiger partial charge >= 0.3 is 0 Å². The van der Waals surface area contributed by atoms with E-state index in [0.29, 0.717) is 36.4 Å². The first kappa shape index (κ1) is 32.8. The number of nitrogens with one attached hydrogen (secondary N) is 1. The molecule has 40 heavy (non-hydrogen) atoms. The van der Waals surface area contributed by atoms with Crippen LogP contribution in [-0.2, 0) is 24.9 Å². The normalized spacial score (nSPS) is 10.9. The van der Waals surface area contributed by atoms with Gasteiger partial charge in [-0.15, -0.1) is 16.8 Å². The van der Waals surface area contributed by atoms with Crippen LogP contribution < -0.4 is 14.9 Å². The number of rotatable bonds is 13. The van der Waals surface area contributed by atoms with Gasteiger partial charge in [-0.25, -0.2) is 9.97 Å². The standard InChI is InChI=1S/C29H36ClN5O3.C2H6/c1-6-8-22-14-25(15-23(16-31)27(22)37-12-11-30)29(3,4)24-9-10-26(21(7-2)13-24)38-19-20-17-32-28(33-18-20)34-35(5)36;1-2/h9-10,13-15,17-18,36H,6-8,11-12,19H2,1-5H3,(H,32,33,34);1-2H3. The lowest BCUT2D eigenvalue weighted by molar-refractivity contribution is -0.0394. The molecule has 0 amide bonds. The van der Waals surface area contributed by atoms with E-state index in [2.05, 4.69) is 67.4 Å². The highest BCUT2D eigenvalue weighted by Crippen LogP contribution is 2.38. The average molecular weight is 568 g/mol. The second kappa shape index (κ2) is 16.0. The number of halogens is 1. The van der Waals surface area contributed by atoms with Gasteiger partial charge in [0.2, 0.25) is 5.95 Å². The zero-order valence-corrected chi connectivity index (χ0v) is 25.5. The van der Waals surface area contributed by atoms with Crippen LogP contribution in [-0.4, -0.2) is 39.9 Å².